The Labute approximate surface area is 254 Å². The molecule has 1 heterocycles. The molecule has 5 amide bonds. The van der Waals surface area contributed by atoms with Gasteiger partial charge in [-0.3, -0.25) is 24.0 Å². The molecule has 238 valence electrons. The molecule has 0 bridgehead atoms. The molecule has 14 nitrogen and oxygen atoms in total. The average Bonchev–Trinajstić information content (AvgIpc) is 3.41. The van der Waals surface area contributed by atoms with E-state index in [9.17, 15) is 39.0 Å². The third kappa shape index (κ3) is 12.6. The van der Waals surface area contributed by atoms with Crippen molar-refractivity contribution in [3.05, 3.63) is 35.9 Å². The van der Waals surface area contributed by atoms with Crippen LogP contribution >= 0.6 is 11.8 Å². The first-order valence-corrected chi connectivity index (χ1v) is 15.5. The van der Waals surface area contributed by atoms with Crippen molar-refractivity contribution in [1.29, 1.82) is 0 Å². The molecular formula is C28H43N6O8S+. The van der Waals surface area contributed by atoms with E-state index in [0.717, 1.165) is 5.56 Å². The number of nitrogens with two attached hydrogens (primary N) is 1. The number of thioether (sulfide) groups is 1. The fraction of sp³-hybridized carbons (Fsp3) is 0.571. The lowest BCUT2D eigenvalue weighted by molar-refractivity contribution is -0.659. The highest BCUT2D eigenvalue weighted by atomic mass is 32.2. The van der Waals surface area contributed by atoms with E-state index in [1.807, 2.05) is 6.26 Å². The summed E-state index contributed by atoms with van der Waals surface area (Å²) in [5.41, 5.74) is 0.723. The fourth-order valence-electron chi connectivity index (χ4n) is 4.43. The predicted octanol–water partition coefficient (Wildman–Crippen LogP) is -2.89. The molecule has 1 aromatic rings. The number of rotatable bonds is 17. The number of quaternary nitrogens is 1. The highest BCUT2D eigenvalue weighted by Crippen LogP contribution is 2.07. The van der Waals surface area contributed by atoms with Crippen LogP contribution in [-0.4, -0.2) is 108 Å². The van der Waals surface area contributed by atoms with Gasteiger partial charge in [0.1, 0.15) is 30.8 Å². The summed E-state index contributed by atoms with van der Waals surface area (Å²) in [6.45, 7) is 2.99. The molecule has 1 fully saturated rings. The summed E-state index contributed by atoms with van der Waals surface area (Å²) >= 11 is 1.45. The van der Waals surface area contributed by atoms with E-state index in [1.165, 1.54) is 11.8 Å². The van der Waals surface area contributed by atoms with E-state index < -0.39 is 66.4 Å². The normalized spacial score (nSPS) is 18.2. The predicted molar refractivity (Wildman–Crippen MR) is 159 cm³/mol. The van der Waals surface area contributed by atoms with Gasteiger partial charge in [-0.25, -0.2) is 4.79 Å². The Kier molecular flexibility index (Phi) is 14.9. The van der Waals surface area contributed by atoms with Crippen molar-refractivity contribution in [3.8, 4) is 0 Å². The zero-order chi connectivity index (χ0) is 31.9. The molecule has 1 aliphatic rings. The Morgan fingerprint density at radius 2 is 1.58 bits per heavy atom. The first-order chi connectivity index (χ1) is 20.4. The maximum absolute atomic E-state index is 13.1. The van der Waals surface area contributed by atoms with Crippen molar-refractivity contribution >= 4 is 47.3 Å². The fourth-order valence-corrected chi connectivity index (χ4v) is 4.90. The van der Waals surface area contributed by atoms with Crippen LogP contribution in [0.5, 0.6) is 0 Å². The molecule has 43 heavy (non-hydrogen) atoms. The maximum atomic E-state index is 13.1. The number of carbonyl (C=O) groups excluding carboxylic acids is 5. The Morgan fingerprint density at radius 1 is 0.930 bits per heavy atom. The number of hydrogen-bond acceptors (Lipinski definition) is 8. The molecule has 9 N–H and O–H groups in total. The van der Waals surface area contributed by atoms with Gasteiger partial charge in [0.15, 0.2) is 6.04 Å². The highest BCUT2D eigenvalue weighted by molar-refractivity contribution is 7.98. The van der Waals surface area contributed by atoms with Gasteiger partial charge in [0, 0.05) is 12.8 Å². The summed E-state index contributed by atoms with van der Waals surface area (Å²) in [6, 6.07) is 5.09. The summed E-state index contributed by atoms with van der Waals surface area (Å²) in [6.07, 6.45) is 1.85. The van der Waals surface area contributed by atoms with Gasteiger partial charge in [0.05, 0.1) is 13.1 Å². The minimum absolute atomic E-state index is 0.0659. The lowest BCUT2D eigenvalue weighted by Crippen LogP contribution is -2.89. The van der Waals surface area contributed by atoms with Crippen molar-refractivity contribution in [2.75, 3.05) is 31.6 Å². The number of nitrogens with one attached hydrogen (secondary N) is 5. The minimum Gasteiger partial charge on any atom is -0.480 e. The molecule has 1 aromatic carbocycles. The van der Waals surface area contributed by atoms with E-state index in [1.54, 1.807) is 49.5 Å². The third-order valence-corrected chi connectivity index (χ3v) is 7.47. The maximum Gasteiger partial charge on any atom is 0.326 e. The van der Waals surface area contributed by atoms with Crippen LogP contribution < -0.4 is 31.9 Å². The lowest BCUT2D eigenvalue weighted by Gasteiger charge is -2.25. The van der Waals surface area contributed by atoms with Gasteiger partial charge in [-0.05, 0) is 29.9 Å². The molecule has 0 aromatic heterocycles. The van der Waals surface area contributed by atoms with Gasteiger partial charge in [0.2, 0.25) is 23.6 Å². The van der Waals surface area contributed by atoms with Gasteiger partial charge in [0.25, 0.3) is 5.91 Å². The van der Waals surface area contributed by atoms with E-state index in [4.69, 9.17) is 0 Å². The topological polar surface area (TPSA) is 220 Å². The Balaban J connectivity index is 1.92. The number of benzene rings is 1. The molecule has 0 spiro atoms. The summed E-state index contributed by atoms with van der Waals surface area (Å²) in [4.78, 5) is 75.0. The standard InChI is InChI=1S/C28H42N6O8S/c1-16(2)24(34-23(37)15-31-26(39)20-12-18(35)13-29-20)27(40)33-19(9-10-43-3)25(38)30-14-22(36)32-21(28(41)42)11-17-7-5-4-6-8-17/h4-8,16,18-21,24,29,35H,9-15H2,1-3H3,(H,30,38)(H,31,39)(H,32,36)(H,33,40)(H,34,37)(H,41,42)/p+1. The highest BCUT2D eigenvalue weighted by Gasteiger charge is 2.33. The van der Waals surface area contributed by atoms with Crippen LogP contribution in [0.15, 0.2) is 30.3 Å². The summed E-state index contributed by atoms with van der Waals surface area (Å²) in [5.74, 6) is -3.98. The van der Waals surface area contributed by atoms with Crippen molar-refractivity contribution in [3.63, 3.8) is 0 Å². The zero-order valence-electron chi connectivity index (χ0n) is 24.6. The first kappa shape index (κ1) is 35.5. The number of carboxylic acids is 1. The molecule has 1 aliphatic heterocycles. The molecule has 2 rings (SSSR count). The second kappa shape index (κ2) is 18.1. The number of carbonyl (C=O) groups is 6. The summed E-state index contributed by atoms with van der Waals surface area (Å²) in [5, 5.41) is 33.4. The number of hydrogen-bond donors (Lipinski definition) is 8. The molecule has 5 atom stereocenters. The molecular weight excluding hydrogens is 580 g/mol. The summed E-state index contributed by atoms with van der Waals surface area (Å²) < 4.78 is 0. The monoisotopic (exact) mass is 623 g/mol. The number of carboxylic acid groups (broad SMARTS) is 1. The molecule has 0 radical (unpaired) electrons. The molecule has 0 saturated carbocycles. The number of aliphatic hydroxyl groups is 1. The van der Waals surface area contributed by atoms with Crippen molar-refractivity contribution < 1.29 is 44.3 Å². The van der Waals surface area contributed by atoms with Gasteiger partial charge in [-0.2, -0.15) is 11.8 Å². The molecule has 0 aliphatic carbocycles. The van der Waals surface area contributed by atoms with Gasteiger partial charge >= 0.3 is 5.97 Å². The number of aliphatic hydroxyl groups excluding tert-OH is 1. The second-order valence-corrected chi connectivity index (χ2v) is 11.7. The zero-order valence-corrected chi connectivity index (χ0v) is 25.4. The van der Waals surface area contributed by atoms with Crippen LogP contribution in [0, 0.1) is 5.92 Å². The van der Waals surface area contributed by atoms with E-state index >= 15 is 0 Å². The Morgan fingerprint density at radius 3 is 2.16 bits per heavy atom. The van der Waals surface area contributed by atoms with E-state index in [2.05, 4.69) is 26.6 Å². The number of aliphatic carboxylic acids is 1. The molecule has 1 saturated heterocycles. The van der Waals surface area contributed by atoms with Crippen molar-refractivity contribution in [2.24, 2.45) is 5.92 Å². The van der Waals surface area contributed by atoms with Crippen LogP contribution in [0.4, 0.5) is 0 Å². The van der Waals surface area contributed by atoms with Gasteiger partial charge < -0.3 is 42.1 Å². The van der Waals surface area contributed by atoms with Gasteiger partial charge in [-0.15, -0.1) is 0 Å². The van der Waals surface area contributed by atoms with Crippen molar-refractivity contribution in [1.82, 2.24) is 26.6 Å². The Bertz CT molecular complexity index is 1120. The van der Waals surface area contributed by atoms with Crippen molar-refractivity contribution in [2.45, 2.75) is 63.4 Å². The quantitative estimate of drug-likeness (QED) is 0.0891. The van der Waals surface area contributed by atoms with Crippen LogP contribution in [-0.2, 0) is 35.2 Å². The van der Waals surface area contributed by atoms with Crippen LogP contribution in [0.2, 0.25) is 0 Å². The smallest absolute Gasteiger partial charge is 0.326 e. The largest absolute Gasteiger partial charge is 0.480 e. The number of amides is 5. The minimum atomic E-state index is -1.22. The third-order valence-electron chi connectivity index (χ3n) is 6.83. The second-order valence-electron chi connectivity index (χ2n) is 10.7. The van der Waals surface area contributed by atoms with E-state index in [0.29, 0.717) is 18.7 Å². The van der Waals surface area contributed by atoms with Crippen LogP contribution in [0.3, 0.4) is 0 Å². The lowest BCUT2D eigenvalue weighted by atomic mass is 10.0. The van der Waals surface area contributed by atoms with Crippen LogP contribution in [0.1, 0.15) is 32.3 Å². The average molecular weight is 624 g/mol. The van der Waals surface area contributed by atoms with E-state index in [-0.39, 0.29) is 31.2 Å². The molecule has 15 heteroatoms. The first-order valence-electron chi connectivity index (χ1n) is 14.1. The molecule has 5 unspecified atom stereocenters. The van der Waals surface area contributed by atoms with Gasteiger partial charge in [-0.1, -0.05) is 44.2 Å². The SMILES string of the molecule is CSCCC(NC(=O)C(NC(=O)CNC(=O)C1CC(O)C[NH2+]1)C(C)C)C(=O)NCC(=O)NC(Cc1ccccc1)C(=O)O. The van der Waals surface area contributed by atoms with Crippen LogP contribution in [0.25, 0.3) is 0 Å². The summed E-state index contributed by atoms with van der Waals surface area (Å²) in [7, 11) is 0. The Hall–Kier alpha value is -3.69.